The third-order valence-electron chi connectivity index (χ3n) is 4.51. The molecule has 0 atom stereocenters. The van der Waals surface area contributed by atoms with Crippen LogP contribution in [0.5, 0.6) is 0 Å². The second-order valence-corrected chi connectivity index (χ2v) is 5.74. The van der Waals surface area contributed by atoms with Gasteiger partial charge in [0.1, 0.15) is 0 Å². The zero-order valence-corrected chi connectivity index (χ0v) is 11.1. The minimum absolute atomic E-state index is 1.01. The van der Waals surface area contributed by atoms with Crippen molar-refractivity contribution in [2.45, 2.75) is 78.6 Å². The fourth-order valence-electron chi connectivity index (χ4n) is 3.01. The molecule has 0 amide bonds. The Labute approximate surface area is 96.8 Å². The largest absolute Gasteiger partial charge is 0.0651 e. The fourth-order valence-corrected chi connectivity index (χ4v) is 3.01. The molecule has 0 spiro atoms. The summed E-state index contributed by atoms with van der Waals surface area (Å²) < 4.78 is 0. The van der Waals surface area contributed by atoms with E-state index in [0.717, 1.165) is 17.8 Å². The summed E-state index contributed by atoms with van der Waals surface area (Å²) >= 11 is 0. The van der Waals surface area contributed by atoms with Crippen LogP contribution in [0.3, 0.4) is 0 Å². The van der Waals surface area contributed by atoms with Gasteiger partial charge in [-0.15, -0.1) is 0 Å². The summed E-state index contributed by atoms with van der Waals surface area (Å²) in [6.07, 6.45) is 13.3. The summed E-state index contributed by atoms with van der Waals surface area (Å²) in [7, 11) is 0. The highest BCUT2D eigenvalue weighted by Gasteiger charge is 2.17. The van der Waals surface area contributed by atoms with Crippen molar-refractivity contribution in [3.8, 4) is 0 Å². The molecule has 0 radical (unpaired) electrons. The molecule has 15 heavy (non-hydrogen) atoms. The Kier molecular flexibility index (Phi) is 6.36. The zero-order valence-electron chi connectivity index (χ0n) is 11.1. The average Bonchev–Trinajstić information content (AvgIpc) is 2.27. The molecule has 0 N–H and O–H groups in total. The lowest BCUT2D eigenvalue weighted by atomic mass is 9.80. The predicted molar refractivity (Wildman–Crippen MR) is 69.0 cm³/mol. The van der Waals surface area contributed by atoms with Crippen LogP contribution in [0.1, 0.15) is 78.6 Å². The molecular weight excluding hydrogens is 180 g/mol. The first-order valence-corrected chi connectivity index (χ1v) is 7.26. The lowest BCUT2D eigenvalue weighted by Crippen LogP contribution is -2.12. The Morgan fingerprint density at radius 3 is 2.13 bits per heavy atom. The van der Waals surface area contributed by atoms with Gasteiger partial charge >= 0.3 is 0 Å². The predicted octanol–water partition coefficient (Wildman–Crippen LogP) is 5.42. The van der Waals surface area contributed by atoms with Gasteiger partial charge in [0.15, 0.2) is 0 Å². The van der Waals surface area contributed by atoms with Crippen LogP contribution in [0.4, 0.5) is 0 Å². The van der Waals surface area contributed by atoms with E-state index in [1.165, 1.54) is 57.8 Å². The van der Waals surface area contributed by atoms with E-state index in [4.69, 9.17) is 0 Å². The molecule has 0 heteroatoms. The van der Waals surface area contributed by atoms with Gasteiger partial charge in [-0.2, -0.15) is 0 Å². The van der Waals surface area contributed by atoms with Crippen LogP contribution in [-0.2, 0) is 0 Å². The van der Waals surface area contributed by atoms with Crippen molar-refractivity contribution in [2.24, 2.45) is 17.8 Å². The van der Waals surface area contributed by atoms with Crippen molar-refractivity contribution >= 4 is 0 Å². The standard InChI is InChI=1S/C15H30/c1-4-14(5-2)7-6-8-15-11-9-13(3)10-12-15/h13-15H,4-12H2,1-3H3. The minimum atomic E-state index is 1.01. The van der Waals surface area contributed by atoms with Crippen molar-refractivity contribution in [1.82, 2.24) is 0 Å². The number of hydrogen-bond acceptors (Lipinski definition) is 0. The molecule has 90 valence electrons. The van der Waals surface area contributed by atoms with Gasteiger partial charge in [0.2, 0.25) is 0 Å². The number of rotatable bonds is 6. The summed E-state index contributed by atoms with van der Waals surface area (Å²) in [5.74, 6) is 3.10. The summed E-state index contributed by atoms with van der Waals surface area (Å²) in [5.41, 5.74) is 0. The molecule has 0 aromatic rings. The lowest BCUT2D eigenvalue weighted by molar-refractivity contribution is 0.265. The van der Waals surface area contributed by atoms with Crippen LogP contribution in [0, 0.1) is 17.8 Å². The molecule has 0 nitrogen and oxygen atoms in total. The van der Waals surface area contributed by atoms with Gasteiger partial charge in [-0.05, 0) is 17.8 Å². The van der Waals surface area contributed by atoms with Crippen LogP contribution in [0.2, 0.25) is 0 Å². The van der Waals surface area contributed by atoms with E-state index < -0.39 is 0 Å². The Morgan fingerprint density at radius 1 is 1.00 bits per heavy atom. The van der Waals surface area contributed by atoms with E-state index in [2.05, 4.69) is 20.8 Å². The highest BCUT2D eigenvalue weighted by Crippen LogP contribution is 2.32. The highest BCUT2D eigenvalue weighted by atomic mass is 14.2. The minimum Gasteiger partial charge on any atom is -0.0651 e. The quantitative estimate of drug-likeness (QED) is 0.549. The van der Waals surface area contributed by atoms with Gasteiger partial charge in [0.25, 0.3) is 0 Å². The summed E-state index contributed by atoms with van der Waals surface area (Å²) in [6.45, 7) is 7.10. The molecule has 1 rings (SSSR count). The topological polar surface area (TPSA) is 0 Å². The smallest absolute Gasteiger partial charge is 0.0414 e. The molecule has 0 saturated heterocycles. The van der Waals surface area contributed by atoms with Gasteiger partial charge in [-0.25, -0.2) is 0 Å². The van der Waals surface area contributed by atoms with E-state index in [1.807, 2.05) is 0 Å². The van der Waals surface area contributed by atoms with Crippen molar-refractivity contribution in [3.05, 3.63) is 0 Å². The van der Waals surface area contributed by atoms with Gasteiger partial charge in [-0.1, -0.05) is 78.6 Å². The third-order valence-corrected chi connectivity index (χ3v) is 4.51. The van der Waals surface area contributed by atoms with Gasteiger partial charge < -0.3 is 0 Å². The van der Waals surface area contributed by atoms with Crippen molar-refractivity contribution in [2.75, 3.05) is 0 Å². The monoisotopic (exact) mass is 210 g/mol. The van der Waals surface area contributed by atoms with E-state index in [0.29, 0.717) is 0 Å². The second kappa shape index (κ2) is 7.30. The molecule has 0 bridgehead atoms. The molecule has 1 aliphatic rings. The molecule has 0 unspecified atom stereocenters. The summed E-state index contributed by atoms with van der Waals surface area (Å²) in [4.78, 5) is 0. The fraction of sp³-hybridized carbons (Fsp3) is 1.00. The van der Waals surface area contributed by atoms with Gasteiger partial charge in [0, 0.05) is 0 Å². The molecule has 1 saturated carbocycles. The molecular formula is C15H30. The third kappa shape index (κ3) is 5.04. The lowest BCUT2D eigenvalue weighted by Gasteiger charge is -2.26. The van der Waals surface area contributed by atoms with Gasteiger partial charge in [0.05, 0.1) is 0 Å². The molecule has 1 fully saturated rings. The Balaban J connectivity index is 2.04. The van der Waals surface area contributed by atoms with E-state index in [-0.39, 0.29) is 0 Å². The number of hydrogen-bond donors (Lipinski definition) is 0. The van der Waals surface area contributed by atoms with Gasteiger partial charge in [-0.3, -0.25) is 0 Å². The summed E-state index contributed by atoms with van der Waals surface area (Å²) in [5, 5.41) is 0. The first kappa shape index (κ1) is 13.1. The van der Waals surface area contributed by atoms with E-state index >= 15 is 0 Å². The second-order valence-electron chi connectivity index (χ2n) is 5.74. The molecule has 0 aliphatic heterocycles. The SMILES string of the molecule is CCC(CC)CCCC1CCC(C)CC1. The highest BCUT2D eigenvalue weighted by molar-refractivity contribution is 4.70. The maximum atomic E-state index is 2.42. The molecule has 0 heterocycles. The van der Waals surface area contributed by atoms with E-state index in [1.54, 1.807) is 0 Å². The molecule has 1 aliphatic carbocycles. The summed E-state index contributed by atoms with van der Waals surface area (Å²) in [6, 6.07) is 0. The van der Waals surface area contributed by atoms with Crippen LogP contribution in [-0.4, -0.2) is 0 Å². The van der Waals surface area contributed by atoms with Crippen LogP contribution < -0.4 is 0 Å². The Bertz CT molecular complexity index is 138. The maximum Gasteiger partial charge on any atom is -0.0414 e. The Morgan fingerprint density at radius 2 is 1.60 bits per heavy atom. The normalized spacial score (nSPS) is 27.2. The average molecular weight is 210 g/mol. The first-order valence-electron chi connectivity index (χ1n) is 7.26. The maximum absolute atomic E-state index is 2.42. The Hall–Kier alpha value is 0. The van der Waals surface area contributed by atoms with Crippen molar-refractivity contribution in [3.63, 3.8) is 0 Å². The molecule has 0 aromatic heterocycles. The first-order chi connectivity index (χ1) is 7.26. The van der Waals surface area contributed by atoms with Crippen LogP contribution >= 0.6 is 0 Å². The van der Waals surface area contributed by atoms with Crippen molar-refractivity contribution in [1.29, 1.82) is 0 Å². The van der Waals surface area contributed by atoms with Crippen LogP contribution in [0.15, 0.2) is 0 Å². The zero-order chi connectivity index (χ0) is 11.1. The molecule has 0 aromatic carbocycles. The van der Waals surface area contributed by atoms with Crippen molar-refractivity contribution < 1.29 is 0 Å². The van der Waals surface area contributed by atoms with E-state index in [9.17, 15) is 0 Å². The van der Waals surface area contributed by atoms with Crippen LogP contribution in [0.25, 0.3) is 0 Å².